The zero-order valence-electron chi connectivity index (χ0n) is 21.9. The molecular weight excluding hydrogens is 490 g/mol. The number of rotatable bonds is 5. The van der Waals surface area contributed by atoms with Gasteiger partial charge in [-0.3, -0.25) is 0 Å². The van der Waals surface area contributed by atoms with Gasteiger partial charge in [0, 0.05) is 36.0 Å². The Morgan fingerprint density at radius 1 is 0.410 bits per heavy atom. The van der Waals surface area contributed by atoms with Crippen molar-refractivity contribution in [1.82, 2.24) is 4.57 Å². The number of fused-ring (bicyclic) bond motifs is 3. The van der Waals surface area contributed by atoms with Crippen molar-refractivity contribution in [1.29, 1.82) is 0 Å². The van der Waals surface area contributed by atoms with Gasteiger partial charge in [0.05, 0.1) is 11.0 Å². The quantitative estimate of drug-likeness (QED) is 0.213. The Bertz CT molecular complexity index is 1750. The van der Waals surface area contributed by atoms with Crippen LogP contribution in [0.2, 0.25) is 0 Å². The van der Waals surface area contributed by atoms with Crippen LogP contribution in [0.15, 0.2) is 177 Å². The molecule has 0 fully saturated rings. The highest BCUT2D eigenvalue weighted by molar-refractivity contribution is 8.34. The van der Waals surface area contributed by atoms with Crippen molar-refractivity contribution in [2.24, 2.45) is 0 Å². The van der Waals surface area contributed by atoms with Gasteiger partial charge in [-0.1, -0.05) is 91.0 Å². The summed E-state index contributed by atoms with van der Waals surface area (Å²) in [5.74, 6) is 0. The van der Waals surface area contributed by atoms with E-state index in [1.807, 2.05) is 0 Å². The number of benzene rings is 6. The molecular formula is C37H29NS. The van der Waals surface area contributed by atoms with Crippen LogP contribution in [0.3, 0.4) is 0 Å². The largest absolute Gasteiger partial charge is 0.309 e. The molecule has 0 radical (unpaired) electrons. The lowest BCUT2D eigenvalue weighted by Crippen LogP contribution is -2.06. The van der Waals surface area contributed by atoms with E-state index in [1.165, 1.54) is 52.6 Å². The normalized spacial score (nSPS) is 12.1. The predicted molar refractivity (Wildman–Crippen MR) is 165 cm³/mol. The molecule has 7 aromatic rings. The minimum atomic E-state index is -1.77. The molecule has 0 bridgehead atoms. The van der Waals surface area contributed by atoms with E-state index in [9.17, 15) is 0 Å². The summed E-state index contributed by atoms with van der Waals surface area (Å²) in [6, 6.07) is 57.9. The van der Waals surface area contributed by atoms with Crippen molar-refractivity contribution in [3.8, 4) is 5.69 Å². The lowest BCUT2D eigenvalue weighted by Gasteiger charge is -2.42. The lowest BCUT2D eigenvalue weighted by atomic mass is 10.2. The third-order valence-corrected chi connectivity index (χ3v) is 11.4. The Labute approximate surface area is 231 Å². The van der Waals surface area contributed by atoms with Gasteiger partial charge in [0.2, 0.25) is 0 Å². The van der Waals surface area contributed by atoms with Crippen LogP contribution in [0.4, 0.5) is 0 Å². The molecule has 2 heteroatoms. The van der Waals surface area contributed by atoms with Crippen molar-refractivity contribution in [2.75, 3.05) is 0 Å². The second-order valence-corrected chi connectivity index (χ2v) is 13.0. The zero-order valence-corrected chi connectivity index (χ0v) is 22.7. The van der Waals surface area contributed by atoms with Crippen LogP contribution in [0.5, 0.6) is 0 Å². The summed E-state index contributed by atoms with van der Waals surface area (Å²) in [7, 11) is -1.77. The zero-order chi connectivity index (χ0) is 26.2. The Kier molecular flexibility index (Phi) is 5.83. The number of hydrogen-bond donors (Lipinski definition) is 0. The Morgan fingerprint density at radius 3 is 1.28 bits per heavy atom. The second kappa shape index (κ2) is 9.65. The number of nitrogens with zero attached hydrogens (tertiary/aromatic N) is 1. The molecule has 0 atom stereocenters. The van der Waals surface area contributed by atoms with Gasteiger partial charge in [0.15, 0.2) is 0 Å². The van der Waals surface area contributed by atoms with Crippen LogP contribution in [0.1, 0.15) is 5.56 Å². The molecule has 0 spiro atoms. The van der Waals surface area contributed by atoms with Gasteiger partial charge in [-0.05, 0) is 79.2 Å². The number of aromatic nitrogens is 1. The molecule has 0 amide bonds. The van der Waals surface area contributed by atoms with Crippen molar-refractivity contribution >= 4 is 31.8 Å². The van der Waals surface area contributed by atoms with Crippen LogP contribution in [-0.2, 0) is 0 Å². The SMILES string of the molecule is Cc1cc(-n2c3ccccc3c3ccccc32)cc(S(c2ccccc2)(c2ccccc2)c2ccccc2)c1. The summed E-state index contributed by atoms with van der Waals surface area (Å²) in [6.45, 7) is 2.23. The molecule has 7 rings (SSSR count). The molecule has 188 valence electrons. The molecule has 0 aliphatic heterocycles. The highest BCUT2D eigenvalue weighted by Crippen LogP contribution is 2.73. The first-order valence-corrected chi connectivity index (χ1v) is 15.0. The topological polar surface area (TPSA) is 4.93 Å². The smallest absolute Gasteiger partial charge is 0.0541 e. The van der Waals surface area contributed by atoms with Gasteiger partial charge in [0.25, 0.3) is 0 Å². The van der Waals surface area contributed by atoms with Gasteiger partial charge in [-0.25, -0.2) is 0 Å². The molecule has 6 aromatic carbocycles. The molecule has 1 aromatic heterocycles. The molecule has 0 saturated heterocycles. The van der Waals surface area contributed by atoms with E-state index in [-0.39, 0.29) is 0 Å². The van der Waals surface area contributed by atoms with Crippen LogP contribution in [0.25, 0.3) is 27.5 Å². The Hall–Kier alpha value is -4.53. The van der Waals surface area contributed by atoms with E-state index in [0.717, 1.165) is 0 Å². The third kappa shape index (κ3) is 3.79. The van der Waals surface area contributed by atoms with Crippen molar-refractivity contribution in [3.63, 3.8) is 0 Å². The fourth-order valence-corrected chi connectivity index (χ4v) is 9.91. The monoisotopic (exact) mass is 519 g/mol. The molecule has 1 nitrogen and oxygen atoms in total. The summed E-state index contributed by atoms with van der Waals surface area (Å²) in [6.07, 6.45) is 0. The fraction of sp³-hybridized carbons (Fsp3) is 0.0270. The minimum absolute atomic E-state index is 1.20. The van der Waals surface area contributed by atoms with E-state index < -0.39 is 10.0 Å². The number of aryl methyl sites for hydroxylation is 1. The first-order valence-electron chi connectivity index (χ1n) is 13.4. The van der Waals surface area contributed by atoms with E-state index in [2.05, 4.69) is 169 Å². The highest BCUT2D eigenvalue weighted by atomic mass is 32.3. The summed E-state index contributed by atoms with van der Waals surface area (Å²) in [5.41, 5.74) is 4.91. The average molecular weight is 520 g/mol. The molecule has 0 aliphatic carbocycles. The first-order chi connectivity index (χ1) is 19.3. The van der Waals surface area contributed by atoms with E-state index in [4.69, 9.17) is 0 Å². The Balaban J connectivity index is 1.60. The van der Waals surface area contributed by atoms with Gasteiger partial charge in [0.1, 0.15) is 0 Å². The van der Waals surface area contributed by atoms with Crippen LogP contribution < -0.4 is 0 Å². The fourth-order valence-electron chi connectivity index (χ4n) is 5.93. The average Bonchev–Trinajstić information content (AvgIpc) is 3.34. The lowest BCUT2D eigenvalue weighted by molar-refractivity contribution is 1.14. The maximum atomic E-state index is 2.44. The molecule has 39 heavy (non-hydrogen) atoms. The summed E-state index contributed by atoms with van der Waals surface area (Å²) >= 11 is 0. The van der Waals surface area contributed by atoms with E-state index in [1.54, 1.807) is 0 Å². The molecule has 1 heterocycles. The van der Waals surface area contributed by atoms with Gasteiger partial charge in [-0.15, -0.1) is 10.0 Å². The summed E-state index contributed by atoms with van der Waals surface area (Å²) in [5, 5.41) is 2.56. The van der Waals surface area contributed by atoms with Gasteiger partial charge < -0.3 is 4.57 Å². The van der Waals surface area contributed by atoms with Gasteiger partial charge >= 0.3 is 0 Å². The molecule has 0 aliphatic rings. The standard InChI is InChI=1S/C37H29NS/c1-28-25-29(38-36-23-13-11-21-34(36)35-22-12-14-24-37(35)38)27-33(26-28)39(30-15-5-2-6-16-30,31-17-7-3-8-18-31)32-19-9-4-10-20-32/h2-27H,1H3. The maximum Gasteiger partial charge on any atom is 0.0541 e. The minimum Gasteiger partial charge on any atom is -0.309 e. The van der Waals surface area contributed by atoms with Crippen molar-refractivity contribution in [2.45, 2.75) is 26.5 Å². The molecule has 0 N–H and O–H groups in total. The predicted octanol–water partition coefficient (Wildman–Crippen LogP) is 10.4. The number of hydrogen-bond acceptors (Lipinski definition) is 0. The second-order valence-electron chi connectivity index (χ2n) is 9.93. The molecule has 0 saturated carbocycles. The van der Waals surface area contributed by atoms with Crippen molar-refractivity contribution in [3.05, 3.63) is 163 Å². The van der Waals surface area contributed by atoms with E-state index in [0.29, 0.717) is 0 Å². The van der Waals surface area contributed by atoms with Crippen molar-refractivity contribution < 1.29 is 0 Å². The Morgan fingerprint density at radius 2 is 0.821 bits per heavy atom. The number of para-hydroxylation sites is 2. The maximum absolute atomic E-state index is 2.44. The van der Waals surface area contributed by atoms with Gasteiger partial charge in [-0.2, -0.15) is 0 Å². The van der Waals surface area contributed by atoms with Crippen LogP contribution in [0, 0.1) is 6.92 Å². The van der Waals surface area contributed by atoms with E-state index >= 15 is 0 Å². The third-order valence-electron chi connectivity index (χ3n) is 7.52. The van der Waals surface area contributed by atoms with Crippen LogP contribution >= 0.6 is 10.0 Å². The first kappa shape index (κ1) is 23.6. The van der Waals surface area contributed by atoms with Crippen LogP contribution in [-0.4, -0.2) is 4.57 Å². The summed E-state index contributed by atoms with van der Waals surface area (Å²) in [4.78, 5) is 5.34. The highest BCUT2D eigenvalue weighted by Gasteiger charge is 2.33. The molecule has 0 unspecified atom stereocenters. The summed E-state index contributed by atoms with van der Waals surface area (Å²) < 4.78 is 2.44.